The highest BCUT2D eigenvalue weighted by atomic mass is 32.1. The maximum Gasteiger partial charge on any atom is 0.254 e. The Morgan fingerprint density at radius 2 is 1.79 bits per heavy atom. The van der Waals surface area contributed by atoms with E-state index in [0.717, 1.165) is 10.8 Å². The van der Waals surface area contributed by atoms with E-state index in [-0.39, 0.29) is 17.9 Å². The van der Waals surface area contributed by atoms with Crippen LogP contribution in [0.1, 0.15) is 45.3 Å². The lowest BCUT2D eigenvalue weighted by Crippen LogP contribution is -2.41. The third-order valence-electron chi connectivity index (χ3n) is 4.95. The van der Waals surface area contributed by atoms with Gasteiger partial charge in [-0.05, 0) is 49.6 Å². The van der Waals surface area contributed by atoms with Gasteiger partial charge in [-0.25, -0.2) is 4.98 Å². The summed E-state index contributed by atoms with van der Waals surface area (Å²) in [6.45, 7) is 4.91. The normalized spacial score (nSPS) is 15.9. The van der Waals surface area contributed by atoms with Crippen molar-refractivity contribution in [2.24, 2.45) is 0 Å². The molecule has 150 valence electrons. The van der Waals surface area contributed by atoms with Crippen LogP contribution in [0.15, 0.2) is 24.3 Å². The van der Waals surface area contributed by atoms with E-state index in [2.05, 4.69) is 19.6 Å². The number of nitrogens with zero attached hydrogens (tertiary/aromatic N) is 7. The second-order valence-corrected chi connectivity index (χ2v) is 7.88. The summed E-state index contributed by atoms with van der Waals surface area (Å²) in [5.41, 5.74) is 1.09. The number of carbonyl (C=O) groups is 2. The quantitative estimate of drug-likeness (QED) is 0.654. The molecule has 0 aliphatic carbocycles. The van der Waals surface area contributed by atoms with Crippen LogP contribution in [0.4, 0.5) is 0 Å². The number of carbonyl (C=O) groups excluding carboxylic acids is 2. The minimum absolute atomic E-state index is 0.0936. The van der Waals surface area contributed by atoms with E-state index in [9.17, 15) is 9.59 Å². The van der Waals surface area contributed by atoms with E-state index >= 15 is 0 Å². The van der Waals surface area contributed by atoms with Crippen LogP contribution >= 0.6 is 11.5 Å². The molecule has 9 nitrogen and oxygen atoms in total. The molecule has 1 aromatic carbocycles. The fraction of sp³-hybridized carbons (Fsp3) is 0.368. The lowest BCUT2D eigenvalue weighted by atomic mass is 10.1. The molecule has 0 N–H and O–H groups in total. The molecule has 3 heterocycles. The molecule has 0 saturated heterocycles. The molecule has 2 amide bonds. The Morgan fingerprint density at radius 1 is 1.10 bits per heavy atom. The average Bonchev–Trinajstić information content (AvgIpc) is 3.33. The van der Waals surface area contributed by atoms with Gasteiger partial charge in [-0.3, -0.25) is 9.59 Å². The van der Waals surface area contributed by atoms with E-state index in [0.29, 0.717) is 35.9 Å². The third-order valence-corrected chi connectivity index (χ3v) is 5.75. The van der Waals surface area contributed by atoms with Crippen LogP contribution in [0.5, 0.6) is 0 Å². The van der Waals surface area contributed by atoms with Gasteiger partial charge in [0.2, 0.25) is 0 Å². The summed E-state index contributed by atoms with van der Waals surface area (Å²) in [6.07, 6.45) is 0. The zero-order valence-corrected chi connectivity index (χ0v) is 17.5. The Bertz CT molecular complexity index is 1070. The first-order valence-electron chi connectivity index (χ1n) is 9.23. The predicted molar refractivity (Wildman–Crippen MR) is 108 cm³/mol. The van der Waals surface area contributed by atoms with E-state index < -0.39 is 0 Å². The fourth-order valence-electron chi connectivity index (χ4n) is 3.39. The van der Waals surface area contributed by atoms with Crippen LogP contribution in [-0.4, -0.2) is 66.4 Å². The first-order valence-corrected chi connectivity index (χ1v) is 10.0. The molecule has 0 fully saturated rings. The van der Waals surface area contributed by atoms with Gasteiger partial charge in [0, 0.05) is 38.3 Å². The number of benzene rings is 1. The highest BCUT2D eigenvalue weighted by Crippen LogP contribution is 2.30. The molecule has 10 heteroatoms. The van der Waals surface area contributed by atoms with Crippen molar-refractivity contribution in [1.29, 1.82) is 0 Å². The van der Waals surface area contributed by atoms with Crippen molar-refractivity contribution in [3.8, 4) is 10.8 Å². The van der Waals surface area contributed by atoms with Crippen LogP contribution in [0.3, 0.4) is 0 Å². The Hall–Kier alpha value is -3.14. The average molecular weight is 411 g/mol. The highest BCUT2D eigenvalue weighted by molar-refractivity contribution is 7.09. The maximum atomic E-state index is 13.1. The fourth-order valence-corrected chi connectivity index (χ4v) is 4.05. The minimum Gasteiger partial charge on any atom is -0.345 e. The van der Waals surface area contributed by atoms with Gasteiger partial charge in [-0.15, -0.1) is 10.2 Å². The topological polar surface area (TPSA) is 97.1 Å². The molecule has 0 spiro atoms. The minimum atomic E-state index is -0.227. The molecular formula is C19H21N7O2S. The van der Waals surface area contributed by atoms with Crippen LogP contribution < -0.4 is 0 Å². The summed E-state index contributed by atoms with van der Waals surface area (Å²) >= 11 is 1.29. The molecule has 1 unspecified atom stereocenters. The summed E-state index contributed by atoms with van der Waals surface area (Å²) < 4.78 is 6.22. The van der Waals surface area contributed by atoms with Crippen molar-refractivity contribution in [2.45, 2.75) is 26.4 Å². The van der Waals surface area contributed by atoms with Crippen LogP contribution in [0.25, 0.3) is 10.8 Å². The monoisotopic (exact) mass is 411 g/mol. The molecule has 0 saturated carbocycles. The molecule has 2 aromatic heterocycles. The third kappa shape index (κ3) is 3.39. The summed E-state index contributed by atoms with van der Waals surface area (Å²) in [7, 11) is 3.40. The summed E-state index contributed by atoms with van der Waals surface area (Å²) in [5, 5.41) is 9.33. The second-order valence-electron chi connectivity index (χ2n) is 7.13. The van der Waals surface area contributed by atoms with Crippen molar-refractivity contribution in [2.75, 3.05) is 20.6 Å². The van der Waals surface area contributed by atoms with E-state index in [1.807, 2.05) is 18.4 Å². The van der Waals surface area contributed by atoms with Crippen LogP contribution in [0, 0.1) is 6.92 Å². The van der Waals surface area contributed by atoms with Gasteiger partial charge in [-0.1, -0.05) is 0 Å². The molecule has 1 aliphatic rings. The van der Waals surface area contributed by atoms with E-state index in [1.54, 1.807) is 43.3 Å². The summed E-state index contributed by atoms with van der Waals surface area (Å²) in [6, 6.07) is 6.53. The van der Waals surface area contributed by atoms with Gasteiger partial charge >= 0.3 is 0 Å². The zero-order chi connectivity index (χ0) is 20.7. The van der Waals surface area contributed by atoms with Gasteiger partial charge in [0.25, 0.3) is 11.8 Å². The second kappa shape index (κ2) is 7.36. The Kier molecular flexibility index (Phi) is 4.87. The van der Waals surface area contributed by atoms with Gasteiger partial charge < -0.3 is 14.4 Å². The standard InChI is InChI=1S/C19H21N7O2S/c1-11-15-21-22-16(17-20-12(2)23-29-17)26(15)10-9-25(11)19(28)14-7-5-13(6-8-14)18(27)24(3)4/h5-8,11H,9-10H2,1-4H3. The molecule has 1 aliphatic heterocycles. The van der Waals surface area contributed by atoms with Crippen molar-refractivity contribution >= 4 is 23.3 Å². The first-order chi connectivity index (χ1) is 13.9. The number of amides is 2. The SMILES string of the molecule is Cc1nsc(-c2nnc3n2CCN(C(=O)c2ccc(C(=O)N(C)C)cc2)C3C)n1. The Labute approximate surface area is 172 Å². The van der Waals surface area contributed by atoms with E-state index in [1.165, 1.54) is 16.4 Å². The number of aryl methyl sites for hydroxylation is 1. The van der Waals surface area contributed by atoms with Gasteiger partial charge in [0.15, 0.2) is 16.7 Å². The first kappa shape index (κ1) is 19.2. The van der Waals surface area contributed by atoms with Crippen LogP contribution in [-0.2, 0) is 6.54 Å². The number of fused-ring (bicyclic) bond motifs is 1. The molecular weight excluding hydrogens is 390 g/mol. The molecule has 4 rings (SSSR count). The van der Waals surface area contributed by atoms with Crippen molar-refractivity contribution in [1.82, 2.24) is 33.9 Å². The number of aromatic nitrogens is 5. The van der Waals surface area contributed by atoms with Crippen molar-refractivity contribution < 1.29 is 9.59 Å². The summed E-state index contributed by atoms with van der Waals surface area (Å²) in [4.78, 5) is 32.8. The highest BCUT2D eigenvalue weighted by Gasteiger charge is 2.32. The van der Waals surface area contributed by atoms with Gasteiger partial charge in [-0.2, -0.15) is 4.37 Å². The Morgan fingerprint density at radius 3 is 2.41 bits per heavy atom. The largest absolute Gasteiger partial charge is 0.345 e. The van der Waals surface area contributed by atoms with Crippen molar-refractivity contribution in [3.63, 3.8) is 0 Å². The zero-order valence-electron chi connectivity index (χ0n) is 16.7. The Balaban J connectivity index is 1.56. The molecule has 0 radical (unpaired) electrons. The van der Waals surface area contributed by atoms with Gasteiger partial charge in [0.1, 0.15) is 5.82 Å². The number of hydrogen-bond acceptors (Lipinski definition) is 7. The predicted octanol–water partition coefficient (Wildman–Crippen LogP) is 2.02. The van der Waals surface area contributed by atoms with Gasteiger partial charge in [0.05, 0.1) is 6.04 Å². The number of rotatable bonds is 3. The van der Waals surface area contributed by atoms with E-state index in [4.69, 9.17) is 0 Å². The maximum absolute atomic E-state index is 13.1. The molecule has 3 aromatic rings. The summed E-state index contributed by atoms with van der Waals surface area (Å²) in [5.74, 6) is 1.94. The molecule has 29 heavy (non-hydrogen) atoms. The van der Waals surface area contributed by atoms with Crippen molar-refractivity contribution in [3.05, 3.63) is 47.0 Å². The van der Waals surface area contributed by atoms with Crippen LogP contribution in [0.2, 0.25) is 0 Å². The smallest absolute Gasteiger partial charge is 0.254 e. The lowest BCUT2D eigenvalue weighted by Gasteiger charge is -2.33. The lowest BCUT2D eigenvalue weighted by molar-refractivity contribution is 0.0637. The number of hydrogen-bond donors (Lipinski definition) is 0. The molecule has 0 bridgehead atoms. The molecule has 1 atom stereocenters.